The Hall–Kier alpha value is -4.69. The number of nitrogens with one attached hydrogen (secondary N) is 3. The predicted molar refractivity (Wildman–Crippen MR) is 139 cm³/mol. The molecule has 40 heavy (non-hydrogen) atoms. The van der Waals surface area contributed by atoms with Crippen LogP contribution in [0.4, 0.5) is 30.5 Å². The number of aromatic nitrogens is 4. The van der Waals surface area contributed by atoms with Crippen LogP contribution in [0.5, 0.6) is 5.88 Å². The standard InChI is InChI=1S/C25H26F3N7O5/c1-4-15(36)11-34-23(38)19-20(33-24(34)39)30-12-35(19)13(3)21(37)32-18-8-6-7-17(31-18)14-9-16(25(26,27)28)22(29-10-14)40-5-2/h6-10,13,30H,4-5,11-12H2,1-3H3,(H,33,39)(H,31,32,37)/t13-/m0/s1. The van der Waals surface area contributed by atoms with Gasteiger partial charge in [0.25, 0.3) is 5.56 Å². The summed E-state index contributed by atoms with van der Waals surface area (Å²) in [4.78, 5) is 62.3. The molecule has 4 heterocycles. The van der Waals surface area contributed by atoms with Crippen molar-refractivity contribution < 1.29 is 27.5 Å². The van der Waals surface area contributed by atoms with Crippen LogP contribution < -0.4 is 31.5 Å². The number of hydrogen-bond acceptors (Lipinski definition) is 9. The molecule has 0 saturated carbocycles. The number of pyridine rings is 2. The summed E-state index contributed by atoms with van der Waals surface area (Å²) >= 11 is 0. The highest BCUT2D eigenvalue weighted by Gasteiger charge is 2.36. The summed E-state index contributed by atoms with van der Waals surface area (Å²) < 4.78 is 46.4. The van der Waals surface area contributed by atoms with Gasteiger partial charge >= 0.3 is 11.9 Å². The Bertz CT molecular complexity index is 1570. The molecule has 4 rings (SSSR count). The molecule has 0 fully saturated rings. The summed E-state index contributed by atoms with van der Waals surface area (Å²) in [7, 11) is 0. The second-order valence-electron chi connectivity index (χ2n) is 8.82. The van der Waals surface area contributed by atoms with Gasteiger partial charge in [0.2, 0.25) is 11.8 Å². The van der Waals surface area contributed by atoms with Crippen LogP contribution in [0, 0.1) is 0 Å². The number of H-pyrrole nitrogens is 1. The molecule has 0 saturated heterocycles. The molecule has 3 aromatic rings. The number of nitrogens with zero attached hydrogens (tertiary/aromatic N) is 4. The van der Waals surface area contributed by atoms with Crippen molar-refractivity contribution in [3.05, 3.63) is 56.9 Å². The minimum absolute atomic E-state index is 0.00513. The first-order valence-electron chi connectivity index (χ1n) is 12.3. The van der Waals surface area contributed by atoms with Crippen molar-refractivity contribution in [3.8, 4) is 17.1 Å². The van der Waals surface area contributed by atoms with Crippen LogP contribution in [-0.2, 0) is 22.3 Å². The second kappa shape index (κ2) is 11.2. The van der Waals surface area contributed by atoms with Crippen molar-refractivity contribution in [2.45, 2.75) is 46.0 Å². The number of ether oxygens (including phenoxy) is 1. The molecule has 0 unspecified atom stereocenters. The summed E-state index contributed by atoms with van der Waals surface area (Å²) in [6, 6.07) is 4.35. The highest BCUT2D eigenvalue weighted by Crippen LogP contribution is 2.37. The minimum Gasteiger partial charge on any atom is -0.478 e. The molecule has 1 aliphatic heterocycles. The molecule has 3 N–H and O–H groups in total. The number of aromatic amines is 1. The van der Waals surface area contributed by atoms with Crippen LogP contribution >= 0.6 is 0 Å². The van der Waals surface area contributed by atoms with E-state index in [2.05, 4.69) is 25.6 Å². The Balaban J connectivity index is 1.58. The third kappa shape index (κ3) is 5.67. The molecule has 0 aliphatic carbocycles. The molecule has 15 heteroatoms. The van der Waals surface area contributed by atoms with Crippen molar-refractivity contribution in [3.63, 3.8) is 0 Å². The zero-order valence-corrected chi connectivity index (χ0v) is 21.8. The normalized spacial score (nSPS) is 13.4. The second-order valence-corrected chi connectivity index (χ2v) is 8.82. The summed E-state index contributed by atoms with van der Waals surface area (Å²) in [5.74, 6) is -1.26. The van der Waals surface area contributed by atoms with Gasteiger partial charge in [-0.2, -0.15) is 13.2 Å². The van der Waals surface area contributed by atoms with Crippen LogP contribution in [0.1, 0.15) is 32.8 Å². The molecule has 0 radical (unpaired) electrons. The van der Waals surface area contributed by atoms with E-state index in [1.165, 1.54) is 36.2 Å². The third-order valence-electron chi connectivity index (χ3n) is 6.18. The number of alkyl halides is 3. The van der Waals surface area contributed by atoms with Gasteiger partial charge in [0, 0.05) is 18.2 Å². The number of fused-ring (bicyclic) bond motifs is 1. The molecule has 0 aromatic carbocycles. The molecule has 1 aliphatic rings. The number of rotatable bonds is 9. The average Bonchev–Trinajstić information content (AvgIpc) is 3.34. The van der Waals surface area contributed by atoms with E-state index >= 15 is 0 Å². The Morgan fingerprint density at radius 1 is 1.23 bits per heavy atom. The summed E-state index contributed by atoms with van der Waals surface area (Å²) in [6.07, 6.45) is -3.37. The van der Waals surface area contributed by atoms with E-state index in [4.69, 9.17) is 4.74 Å². The lowest BCUT2D eigenvalue weighted by atomic mass is 10.1. The van der Waals surface area contributed by atoms with E-state index < -0.39 is 47.4 Å². The number of carbonyl (C=O) groups is 2. The maximum atomic E-state index is 13.5. The number of ketones is 1. The van der Waals surface area contributed by atoms with E-state index in [0.717, 1.165) is 10.6 Å². The van der Waals surface area contributed by atoms with Crippen molar-refractivity contribution in [1.29, 1.82) is 0 Å². The number of anilines is 3. The predicted octanol–water partition coefficient (Wildman–Crippen LogP) is 2.61. The molecular formula is C25H26F3N7O5. The fourth-order valence-electron chi connectivity index (χ4n) is 4.05. The highest BCUT2D eigenvalue weighted by atomic mass is 19.4. The van der Waals surface area contributed by atoms with E-state index in [0.29, 0.717) is 0 Å². The fraction of sp³-hybridized carbons (Fsp3) is 0.360. The zero-order chi connectivity index (χ0) is 29.2. The fourth-order valence-corrected chi connectivity index (χ4v) is 4.05. The Morgan fingerprint density at radius 2 is 1.98 bits per heavy atom. The van der Waals surface area contributed by atoms with Gasteiger partial charge in [0.05, 0.1) is 25.5 Å². The SMILES string of the molecule is CCOc1ncc(-c2cccc(NC(=O)[C@H](C)N3CNc4[nH]c(=O)n(CC(=O)CC)c(=O)c43)n2)cc1C(F)(F)F. The van der Waals surface area contributed by atoms with Gasteiger partial charge in [-0.1, -0.05) is 13.0 Å². The number of halogens is 3. The molecule has 0 spiro atoms. The van der Waals surface area contributed by atoms with Gasteiger partial charge in [-0.25, -0.2) is 14.8 Å². The van der Waals surface area contributed by atoms with E-state index in [1.807, 2.05) is 0 Å². The van der Waals surface area contributed by atoms with E-state index in [9.17, 15) is 32.3 Å². The van der Waals surface area contributed by atoms with Crippen LogP contribution in [0.2, 0.25) is 0 Å². The van der Waals surface area contributed by atoms with Gasteiger partial charge in [-0.3, -0.25) is 23.9 Å². The van der Waals surface area contributed by atoms with Crippen molar-refractivity contribution in [2.24, 2.45) is 0 Å². The minimum atomic E-state index is -4.71. The number of Topliss-reactive ketones (excluding diaryl/α,β-unsaturated/α-hetero) is 1. The topological polar surface area (TPSA) is 151 Å². The zero-order valence-electron chi connectivity index (χ0n) is 21.8. The molecule has 12 nitrogen and oxygen atoms in total. The van der Waals surface area contributed by atoms with Gasteiger partial charge in [-0.15, -0.1) is 0 Å². The number of hydrogen-bond donors (Lipinski definition) is 3. The number of carbonyl (C=O) groups excluding carboxylic acids is 2. The molecular weight excluding hydrogens is 535 g/mol. The summed E-state index contributed by atoms with van der Waals surface area (Å²) in [5.41, 5.74) is -2.33. The van der Waals surface area contributed by atoms with Gasteiger partial charge in [-0.05, 0) is 32.0 Å². The smallest absolute Gasteiger partial charge is 0.421 e. The van der Waals surface area contributed by atoms with Crippen molar-refractivity contribution in [2.75, 3.05) is 28.8 Å². The van der Waals surface area contributed by atoms with E-state index in [-0.39, 0.29) is 54.1 Å². The van der Waals surface area contributed by atoms with E-state index in [1.54, 1.807) is 13.8 Å². The monoisotopic (exact) mass is 561 g/mol. The molecule has 1 atom stereocenters. The largest absolute Gasteiger partial charge is 0.478 e. The number of amides is 1. The lowest BCUT2D eigenvalue weighted by Gasteiger charge is -2.24. The first kappa shape index (κ1) is 28.3. The van der Waals surface area contributed by atoms with Crippen LogP contribution in [0.15, 0.2) is 40.1 Å². The first-order valence-corrected chi connectivity index (χ1v) is 12.3. The molecule has 1 amide bonds. The Kier molecular flexibility index (Phi) is 7.93. The maximum Gasteiger partial charge on any atom is 0.421 e. The van der Waals surface area contributed by atoms with Gasteiger partial charge in [0.15, 0.2) is 5.78 Å². The van der Waals surface area contributed by atoms with Crippen LogP contribution in [0.25, 0.3) is 11.3 Å². The Morgan fingerprint density at radius 3 is 2.65 bits per heavy atom. The van der Waals surface area contributed by atoms with Crippen molar-refractivity contribution in [1.82, 2.24) is 19.5 Å². The lowest BCUT2D eigenvalue weighted by Crippen LogP contribution is -2.46. The van der Waals surface area contributed by atoms with Crippen LogP contribution in [-0.4, -0.2) is 50.5 Å². The Labute approximate surface area is 225 Å². The van der Waals surface area contributed by atoms with Gasteiger partial charge in [0.1, 0.15) is 28.9 Å². The molecule has 212 valence electrons. The van der Waals surface area contributed by atoms with Crippen LogP contribution in [0.3, 0.4) is 0 Å². The summed E-state index contributed by atoms with van der Waals surface area (Å²) in [5, 5.41) is 5.46. The molecule has 0 bridgehead atoms. The third-order valence-corrected chi connectivity index (χ3v) is 6.18. The quantitative estimate of drug-likeness (QED) is 0.358. The lowest BCUT2D eigenvalue weighted by molar-refractivity contribution is -0.139. The van der Waals surface area contributed by atoms with Gasteiger partial charge < -0.3 is 20.3 Å². The maximum absolute atomic E-state index is 13.5. The average molecular weight is 562 g/mol. The first-order chi connectivity index (χ1) is 18.9. The van der Waals surface area contributed by atoms with Crippen molar-refractivity contribution >= 4 is 29.0 Å². The highest BCUT2D eigenvalue weighted by molar-refractivity contribution is 5.97. The molecule has 3 aromatic heterocycles. The summed E-state index contributed by atoms with van der Waals surface area (Å²) in [6.45, 7) is 4.30.